The fourth-order valence-corrected chi connectivity index (χ4v) is 3.43. The summed E-state index contributed by atoms with van der Waals surface area (Å²) in [6, 6.07) is 13.8. The lowest BCUT2D eigenvalue weighted by molar-refractivity contribution is -0.917. The lowest BCUT2D eigenvalue weighted by atomic mass is 10.2. The third-order valence-corrected chi connectivity index (χ3v) is 5.06. The van der Waals surface area contributed by atoms with Crippen LogP contribution in [0.5, 0.6) is 0 Å². The van der Waals surface area contributed by atoms with E-state index in [1.165, 1.54) is 16.5 Å². The molecule has 0 atom stereocenters. The average molecular weight is 419 g/mol. The van der Waals surface area contributed by atoms with Crippen LogP contribution in [0.1, 0.15) is 15.9 Å². The molecule has 0 bridgehead atoms. The molecule has 1 amide bonds. The number of benzene rings is 2. The third-order valence-electron chi connectivity index (χ3n) is 4.82. The summed E-state index contributed by atoms with van der Waals surface area (Å²) >= 11 is 5.81. The first-order valence-electron chi connectivity index (χ1n) is 9.20. The lowest BCUT2D eigenvalue weighted by Gasteiger charge is -2.32. The molecule has 0 aromatic heterocycles. The minimum atomic E-state index is -0.944. The van der Waals surface area contributed by atoms with Gasteiger partial charge in [-0.1, -0.05) is 41.9 Å². The Morgan fingerprint density at radius 3 is 2.48 bits per heavy atom. The Kier molecular flexibility index (Phi) is 6.79. The van der Waals surface area contributed by atoms with Crippen LogP contribution in [0.25, 0.3) is 0 Å². The van der Waals surface area contributed by atoms with Gasteiger partial charge in [0, 0.05) is 16.7 Å². The molecule has 0 unspecified atom stereocenters. The molecule has 1 N–H and O–H groups in total. The maximum atomic E-state index is 12.4. The number of carbonyl (C=O) groups is 2. The van der Waals surface area contributed by atoms with Crippen LogP contribution in [-0.2, 0) is 16.1 Å². The normalized spacial score (nSPS) is 14.4. The van der Waals surface area contributed by atoms with Gasteiger partial charge in [-0.2, -0.15) is 0 Å². The Hall–Kier alpha value is -2.97. The summed E-state index contributed by atoms with van der Waals surface area (Å²) < 4.78 is 5.01. The first-order valence-corrected chi connectivity index (χ1v) is 9.58. The van der Waals surface area contributed by atoms with Crippen molar-refractivity contribution in [3.63, 3.8) is 0 Å². The van der Waals surface area contributed by atoms with E-state index < -0.39 is 23.2 Å². The molecule has 1 saturated heterocycles. The molecule has 0 radical (unpaired) electrons. The second-order valence-electron chi connectivity index (χ2n) is 6.79. The van der Waals surface area contributed by atoms with E-state index in [1.54, 1.807) is 4.90 Å². The molecule has 1 heterocycles. The molecule has 1 aliphatic rings. The minimum Gasteiger partial charge on any atom is -0.452 e. The van der Waals surface area contributed by atoms with Crippen molar-refractivity contribution in [2.45, 2.75) is 6.54 Å². The van der Waals surface area contributed by atoms with Gasteiger partial charge >= 0.3 is 5.97 Å². The number of ether oxygens (including phenoxy) is 1. The van der Waals surface area contributed by atoms with E-state index in [0.29, 0.717) is 13.1 Å². The van der Waals surface area contributed by atoms with Gasteiger partial charge in [-0.15, -0.1) is 0 Å². The lowest BCUT2D eigenvalue weighted by Crippen LogP contribution is -3.13. The Bertz CT molecular complexity index is 898. The molecule has 0 aliphatic carbocycles. The molecule has 1 aliphatic heterocycles. The van der Waals surface area contributed by atoms with Crippen molar-refractivity contribution in [2.24, 2.45) is 0 Å². The van der Waals surface area contributed by atoms with E-state index in [4.69, 9.17) is 16.3 Å². The molecular weight excluding hydrogens is 398 g/mol. The standard InChI is InChI=1S/C20H20ClN3O5/c21-16-6-7-18(24(27)28)17(12-16)20(26)29-14-19(25)23-10-8-22(9-11-23)13-15-4-2-1-3-5-15/h1-7,12H,8-11,13-14H2/p+1. The van der Waals surface area contributed by atoms with Crippen LogP contribution < -0.4 is 4.90 Å². The second-order valence-corrected chi connectivity index (χ2v) is 7.22. The number of nitrogens with one attached hydrogen (secondary N) is 1. The number of quaternary nitrogens is 1. The van der Waals surface area contributed by atoms with Gasteiger partial charge in [0.2, 0.25) is 0 Å². The van der Waals surface area contributed by atoms with Crippen LogP contribution in [0, 0.1) is 10.1 Å². The summed E-state index contributed by atoms with van der Waals surface area (Å²) in [7, 11) is 0. The zero-order chi connectivity index (χ0) is 20.8. The summed E-state index contributed by atoms with van der Waals surface area (Å²) in [6.07, 6.45) is 0. The Morgan fingerprint density at radius 1 is 1.14 bits per heavy atom. The van der Waals surface area contributed by atoms with Gasteiger partial charge in [0.25, 0.3) is 11.6 Å². The zero-order valence-corrected chi connectivity index (χ0v) is 16.4. The third kappa shape index (κ3) is 5.52. The number of nitro groups is 1. The average Bonchev–Trinajstić information content (AvgIpc) is 2.72. The smallest absolute Gasteiger partial charge is 0.345 e. The van der Waals surface area contributed by atoms with Gasteiger partial charge in [-0.3, -0.25) is 14.9 Å². The molecule has 1 fully saturated rings. The van der Waals surface area contributed by atoms with Crippen molar-refractivity contribution in [1.82, 2.24) is 4.90 Å². The second kappa shape index (κ2) is 9.49. The fraction of sp³-hybridized carbons (Fsp3) is 0.300. The molecule has 29 heavy (non-hydrogen) atoms. The molecule has 9 heteroatoms. The summed E-state index contributed by atoms with van der Waals surface area (Å²) in [5.41, 5.74) is 0.566. The van der Waals surface area contributed by atoms with Crippen LogP contribution >= 0.6 is 11.6 Å². The summed E-state index contributed by atoms with van der Waals surface area (Å²) in [5.74, 6) is -1.26. The highest BCUT2D eigenvalue weighted by Gasteiger charge is 2.26. The van der Waals surface area contributed by atoms with E-state index >= 15 is 0 Å². The SMILES string of the molecule is O=C(OCC(=O)N1CC[NH+](Cc2ccccc2)CC1)c1cc(Cl)ccc1[N+](=O)[O-]. The predicted octanol–water partition coefficient (Wildman–Crippen LogP) is 1.33. The number of amides is 1. The topological polar surface area (TPSA) is 94.2 Å². The molecule has 2 aromatic rings. The highest BCUT2D eigenvalue weighted by molar-refractivity contribution is 6.31. The van der Waals surface area contributed by atoms with Crippen molar-refractivity contribution in [2.75, 3.05) is 32.8 Å². The number of nitro benzene ring substituents is 1. The van der Waals surface area contributed by atoms with E-state index in [1.807, 2.05) is 18.2 Å². The largest absolute Gasteiger partial charge is 0.452 e. The van der Waals surface area contributed by atoms with Crippen molar-refractivity contribution in [3.05, 3.63) is 74.8 Å². The number of piperazine rings is 1. The summed E-state index contributed by atoms with van der Waals surface area (Å²) in [5, 5.41) is 11.2. The van der Waals surface area contributed by atoms with Crippen LogP contribution in [0.2, 0.25) is 5.02 Å². The molecule has 0 saturated carbocycles. The van der Waals surface area contributed by atoms with Crippen molar-refractivity contribution in [3.8, 4) is 0 Å². The maximum absolute atomic E-state index is 12.4. The molecular formula is C20H21ClN3O5+. The molecule has 3 rings (SSSR count). The number of esters is 1. The van der Waals surface area contributed by atoms with Gasteiger partial charge in [0.1, 0.15) is 12.1 Å². The van der Waals surface area contributed by atoms with E-state index in [-0.39, 0.29) is 16.5 Å². The first-order chi connectivity index (χ1) is 13.9. The minimum absolute atomic E-state index is 0.173. The van der Waals surface area contributed by atoms with E-state index in [0.717, 1.165) is 31.8 Å². The number of hydrogen-bond donors (Lipinski definition) is 1. The highest BCUT2D eigenvalue weighted by Crippen LogP contribution is 2.23. The molecule has 2 aromatic carbocycles. The van der Waals surface area contributed by atoms with Crippen LogP contribution in [0.3, 0.4) is 0 Å². The van der Waals surface area contributed by atoms with Gasteiger partial charge in [0.05, 0.1) is 31.1 Å². The number of rotatable bonds is 6. The van der Waals surface area contributed by atoms with E-state index in [9.17, 15) is 19.7 Å². The quantitative estimate of drug-likeness (QED) is 0.434. The Balaban J connectivity index is 1.50. The fourth-order valence-electron chi connectivity index (χ4n) is 3.26. The number of halogens is 1. The Morgan fingerprint density at radius 2 is 1.83 bits per heavy atom. The predicted molar refractivity (Wildman–Crippen MR) is 106 cm³/mol. The first kappa shape index (κ1) is 20.8. The molecule has 8 nitrogen and oxygen atoms in total. The highest BCUT2D eigenvalue weighted by atomic mass is 35.5. The van der Waals surface area contributed by atoms with Gasteiger partial charge in [-0.25, -0.2) is 4.79 Å². The van der Waals surface area contributed by atoms with Crippen molar-refractivity contribution < 1.29 is 24.1 Å². The van der Waals surface area contributed by atoms with Gasteiger partial charge in [-0.05, 0) is 12.1 Å². The van der Waals surface area contributed by atoms with Gasteiger partial charge < -0.3 is 14.5 Å². The van der Waals surface area contributed by atoms with Crippen LogP contribution in [0.15, 0.2) is 48.5 Å². The summed E-state index contributed by atoms with van der Waals surface area (Å²) in [6.45, 7) is 3.17. The monoisotopic (exact) mass is 418 g/mol. The number of nitrogens with zero attached hydrogens (tertiary/aromatic N) is 2. The molecule has 152 valence electrons. The number of carbonyl (C=O) groups excluding carboxylic acids is 2. The molecule has 0 spiro atoms. The zero-order valence-electron chi connectivity index (χ0n) is 15.7. The van der Waals surface area contributed by atoms with Gasteiger partial charge in [0.15, 0.2) is 6.61 Å². The van der Waals surface area contributed by atoms with Crippen LogP contribution in [0.4, 0.5) is 5.69 Å². The maximum Gasteiger partial charge on any atom is 0.345 e. The summed E-state index contributed by atoms with van der Waals surface area (Å²) in [4.78, 5) is 38.0. The van der Waals surface area contributed by atoms with E-state index in [2.05, 4.69) is 12.1 Å². The Labute approximate surface area is 172 Å². The van der Waals surface area contributed by atoms with Crippen molar-refractivity contribution in [1.29, 1.82) is 0 Å². The van der Waals surface area contributed by atoms with Crippen molar-refractivity contribution >= 4 is 29.2 Å². The number of hydrogen-bond acceptors (Lipinski definition) is 5. The van der Waals surface area contributed by atoms with Crippen LogP contribution in [-0.4, -0.2) is 54.5 Å².